The topological polar surface area (TPSA) is 102 Å². The molecule has 7 nitrogen and oxygen atoms in total. The van der Waals surface area contributed by atoms with Gasteiger partial charge in [0.15, 0.2) is 0 Å². The first-order valence-electron chi connectivity index (χ1n) is 7.08. The van der Waals surface area contributed by atoms with Crippen LogP contribution >= 0.6 is 15.9 Å². The highest BCUT2D eigenvalue weighted by Gasteiger charge is 2.27. The van der Waals surface area contributed by atoms with E-state index < -0.39 is 15.8 Å². The van der Waals surface area contributed by atoms with E-state index in [9.17, 15) is 13.2 Å². The molecule has 0 fully saturated rings. The van der Waals surface area contributed by atoms with Gasteiger partial charge < -0.3 is 5.11 Å². The quantitative estimate of drug-likeness (QED) is 0.694. The summed E-state index contributed by atoms with van der Waals surface area (Å²) in [6.07, 6.45) is 0. The van der Waals surface area contributed by atoms with Crippen molar-refractivity contribution in [2.75, 3.05) is 0 Å². The zero-order valence-electron chi connectivity index (χ0n) is 12.9. The van der Waals surface area contributed by atoms with E-state index >= 15 is 0 Å². The number of aromatic nitrogens is 3. The Labute approximate surface area is 152 Å². The number of hydrogen-bond acceptors (Lipinski definition) is 5. The van der Waals surface area contributed by atoms with E-state index in [1.54, 1.807) is 37.3 Å². The van der Waals surface area contributed by atoms with Gasteiger partial charge in [-0.2, -0.15) is 0 Å². The van der Waals surface area contributed by atoms with Gasteiger partial charge in [-0.25, -0.2) is 17.9 Å². The van der Waals surface area contributed by atoms with Gasteiger partial charge in [0.05, 0.1) is 21.8 Å². The molecule has 3 aromatic rings. The lowest BCUT2D eigenvalue weighted by Crippen LogP contribution is -2.06. The molecule has 0 amide bonds. The fourth-order valence-corrected chi connectivity index (χ4v) is 4.66. The summed E-state index contributed by atoms with van der Waals surface area (Å²) in [5, 5.41) is 16.5. The van der Waals surface area contributed by atoms with E-state index in [1.165, 1.54) is 22.9 Å². The predicted octanol–water partition coefficient (Wildman–Crippen LogP) is 2.87. The highest BCUT2D eigenvalue weighted by atomic mass is 79.9. The normalized spacial score (nSPS) is 11.4. The first kappa shape index (κ1) is 17.3. The van der Waals surface area contributed by atoms with E-state index in [2.05, 4.69) is 26.2 Å². The molecule has 3 rings (SSSR count). The van der Waals surface area contributed by atoms with Crippen molar-refractivity contribution in [3.63, 3.8) is 0 Å². The Morgan fingerprint density at radius 1 is 1.12 bits per heavy atom. The molecule has 0 unspecified atom stereocenters. The molecule has 2 aromatic carbocycles. The third-order valence-electron chi connectivity index (χ3n) is 3.59. The monoisotopic (exact) mass is 421 g/mol. The van der Waals surface area contributed by atoms with Gasteiger partial charge in [0.25, 0.3) is 0 Å². The lowest BCUT2D eigenvalue weighted by atomic mass is 10.2. The van der Waals surface area contributed by atoms with E-state index in [0.29, 0.717) is 15.9 Å². The summed E-state index contributed by atoms with van der Waals surface area (Å²) in [6, 6.07) is 12.4. The average Bonchev–Trinajstić information content (AvgIpc) is 2.97. The van der Waals surface area contributed by atoms with Crippen molar-refractivity contribution in [2.45, 2.75) is 16.8 Å². The average molecular weight is 422 g/mol. The fourth-order valence-electron chi connectivity index (χ4n) is 2.32. The highest BCUT2D eigenvalue weighted by Crippen LogP contribution is 2.28. The van der Waals surface area contributed by atoms with E-state index in [4.69, 9.17) is 5.11 Å². The summed E-state index contributed by atoms with van der Waals surface area (Å²) in [6.45, 7) is 1.59. The summed E-state index contributed by atoms with van der Waals surface area (Å²) < 4.78 is 27.5. The predicted molar refractivity (Wildman–Crippen MR) is 92.6 cm³/mol. The van der Waals surface area contributed by atoms with Crippen LogP contribution in [0.25, 0.3) is 5.69 Å². The molecule has 0 aliphatic carbocycles. The van der Waals surface area contributed by atoms with Gasteiger partial charge in [-0.05, 0) is 59.3 Å². The first-order chi connectivity index (χ1) is 11.8. The maximum atomic E-state index is 12.8. The SMILES string of the molecule is Cc1c(S(=O)(=O)c2ccccc2Br)nnn1-c1ccc(C(=O)O)cc1. The molecule has 0 saturated heterocycles. The summed E-state index contributed by atoms with van der Waals surface area (Å²) in [7, 11) is -3.84. The molecule has 1 aromatic heterocycles. The molecule has 0 spiro atoms. The maximum Gasteiger partial charge on any atom is 0.335 e. The third-order valence-corrected chi connectivity index (χ3v) is 6.37. The number of aromatic carboxylic acids is 1. The largest absolute Gasteiger partial charge is 0.478 e. The van der Waals surface area contributed by atoms with Crippen molar-refractivity contribution in [2.24, 2.45) is 0 Å². The minimum Gasteiger partial charge on any atom is -0.478 e. The van der Waals surface area contributed by atoms with Crippen LogP contribution in [0.4, 0.5) is 0 Å². The van der Waals surface area contributed by atoms with Crippen molar-refractivity contribution in [1.29, 1.82) is 0 Å². The molecular formula is C16H12BrN3O4S. The number of carboxylic acids is 1. The van der Waals surface area contributed by atoms with E-state index in [1.807, 2.05) is 0 Å². The number of carbonyl (C=O) groups is 1. The number of halogens is 1. The lowest BCUT2D eigenvalue weighted by molar-refractivity contribution is 0.0697. The van der Waals surface area contributed by atoms with Gasteiger partial charge in [-0.1, -0.05) is 17.3 Å². The molecule has 0 saturated carbocycles. The second-order valence-electron chi connectivity index (χ2n) is 5.18. The van der Waals surface area contributed by atoms with Crippen LogP contribution in [-0.4, -0.2) is 34.5 Å². The van der Waals surface area contributed by atoms with Crippen LogP contribution < -0.4 is 0 Å². The van der Waals surface area contributed by atoms with Gasteiger partial charge in [-0.3, -0.25) is 0 Å². The molecule has 1 heterocycles. The van der Waals surface area contributed by atoms with Crippen LogP contribution in [0.1, 0.15) is 16.1 Å². The first-order valence-corrected chi connectivity index (χ1v) is 9.35. The van der Waals surface area contributed by atoms with E-state index in [0.717, 1.165) is 0 Å². The summed E-state index contributed by atoms with van der Waals surface area (Å²) in [4.78, 5) is 11.0. The Morgan fingerprint density at radius 2 is 1.76 bits per heavy atom. The van der Waals surface area contributed by atoms with Crippen molar-refractivity contribution < 1.29 is 18.3 Å². The maximum absolute atomic E-state index is 12.8. The van der Waals surface area contributed by atoms with Crippen molar-refractivity contribution in [3.05, 3.63) is 64.3 Å². The molecule has 128 valence electrons. The minimum absolute atomic E-state index is 0.103. The van der Waals surface area contributed by atoms with Crippen LogP contribution in [0, 0.1) is 6.92 Å². The molecule has 9 heteroatoms. The Kier molecular flexibility index (Phi) is 4.44. The summed E-state index contributed by atoms with van der Waals surface area (Å²) in [5.74, 6) is -1.04. The summed E-state index contributed by atoms with van der Waals surface area (Å²) >= 11 is 3.24. The highest BCUT2D eigenvalue weighted by molar-refractivity contribution is 9.10. The van der Waals surface area contributed by atoms with E-state index in [-0.39, 0.29) is 15.5 Å². The zero-order valence-corrected chi connectivity index (χ0v) is 15.3. The molecular weight excluding hydrogens is 410 g/mol. The van der Waals surface area contributed by atoms with Crippen LogP contribution in [0.15, 0.2) is 62.9 Å². The molecule has 0 atom stereocenters. The van der Waals surface area contributed by atoms with Crippen LogP contribution in [0.3, 0.4) is 0 Å². The van der Waals surface area contributed by atoms with Crippen LogP contribution in [-0.2, 0) is 9.84 Å². The number of rotatable bonds is 4. The van der Waals surface area contributed by atoms with Crippen molar-refractivity contribution in [1.82, 2.24) is 15.0 Å². The summed E-state index contributed by atoms with van der Waals surface area (Å²) in [5.41, 5.74) is 0.977. The molecule has 1 N–H and O–H groups in total. The Balaban J connectivity index is 2.07. The fraction of sp³-hybridized carbons (Fsp3) is 0.0625. The van der Waals surface area contributed by atoms with Crippen molar-refractivity contribution in [3.8, 4) is 5.69 Å². The van der Waals surface area contributed by atoms with Gasteiger partial charge in [0.1, 0.15) is 0 Å². The van der Waals surface area contributed by atoms with Gasteiger partial charge >= 0.3 is 5.97 Å². The molecule has 0 aliphatic rings. The Morgan fingerprint density at radius 3 is 2.36 bits per heavy atom. The number of sulfone groups is 1. The number of carboxylic acid groups (broad SMARTS) is 1. The zero-order chi connectivity index (χ0) is 18.2. The lowest BCUT2D eigenvalue weighted by Gasteiger charge is -2.06. The van der Waals surface area contributed by atoms with Gasteiger partial charge in [-0.15, -0.1) is 5.10 Å². The molecule has 0 radical (unpaired) electrons. The third kappa shape index (κ3) is 3.08. The second kappa shape index (κ2) is 6.41. The van der Waals surface area contributed by atoms with Crippen LogP contribution in [0.2, 0.25) is 0 Å². The molecule has 0 bridgehead atoms. The minimum atomic E-state index is -3.84. The number of hydrogen-bond donors (Lipinski definition) is 1. The van der Waals surface area contributed by atoms with Gasteiger partial charge in [0.2, 0.25) is 14.9 Å². The standard InChI is InChI=1S/C16H12BrN3O4S/c1-10-15(25(23,24)14-5-3-2-4-13(14)17)18-19-20(10)12-8-6-11(7-9-12)16(21)22/h2-9H,1H3,(H,21,22). The van der Waals surface area contributed by atoms with Crippen LogP contribution in [0.5, 0.6) is 0 Å². The van der Waals surface area contributed by atoms with Crippen molar-refractivity contribution >= 4 is 31.7 Å². The van der Waals surface area contributed by atoms with Gasteiger partial charge in [0, 0.05) is 4.47 Å². The second-order valence-corrected chi connectivity index (χ2v) is 7.87. The Bertz CT molecular complexity index is 1060. The molecule has 25 heavy (non-hydrogen) atoms. The Hall–Kier alpha value is -2.52. The smallest absolute Gasteiger partial charge is 0.335 e. The number of benzene rings is 2. The number of nitrogens with zero attached hydrogens (tertiary/aromatic N) is 3. The molecule has 0 aliphatic heterocycles.